The Hall–Kier alpha value is -3.06. The molecule has 1 N–H and O–H groups in total. The molecule has 4 aromatic rings. The van der Waals surface area contributed by atoms with Crippen LogP contribution in [0.5, 0.6) is 0 Å². The van der Waals surface area contributed by atoms with Gasteiger partial charge in [0.25, 0.3) is 11.1 Å². The van der Waals surface area contributed by atoms with Crippen molar-refractivity contribution in [1.29, 1.82) is 0 Å². The van der Waals surface area contributed by atoms with Crippen molar-refractivity contribution in [2.45, 2.75) is 30.5 Å². The number of nitrogens with zero attached hydrogens (tertiary/aromatic N) is 3. The number of fused-ring (bicyclic) bond motifs is 2. The molecule has 30 heavy (non-hydrogen) atoms. The van der Waals surface area contributed by atoms with Crippen molar-refractivity contribution in [3.05, 3.63) is 65.9 Å². The zero-order valence-corrected chi connectivity index (χ0v) is 17.5. The van der Waals surface area contributed by atoms with Crippen molar-refractivity contribution in [2.24, 2.45) is 0 Å². The van der Waals surface area contributed by atoms with Crippen LogP contribution in [-0.4, -0.2) is 38.8 Å². The number of amides is 1. The second kappa shape index (κ2) is 7.99. The molecule has 2 aromatic carbocycles. The Morgan fingerprint density at radius 1 is 1.20 bits per heavy atom. The Morgan fingerprint density at radius 3 is 2.97 bits per heavy atom. The Kier molecular flexibility index (Phi) is 5.04. The summed E-state index contributed by atoms with van der Waals surface area (Å²) in [4.78, 5) is 17.9. The van der Waals surface area contributed by atoms with E-state index in [1.54, 1.807) is 0 Å². The molecular weight excluding hydrogens is 396 g/mol. The van der Waals surface area contributed by atoms with Crippen LogP contribution in [0.1, 0.15) is 30.0 Å². The molecule has 2 aromatic heterocycles. The Bertz CT molecular complexity index is 1200. The fourth-order valence-electron chi connectivity index (χ4n) is 4.16. The van der Waals surface area contributed by atoms with Gasteiger partial charge in [0, 0.05) is 24.1 Å². The number of aromatic nitrogens is 3. The van der Waals surface area contributed by atoms with Gasteiger partial charge in [-0.15, -0.1) is 10.2 Å². The predicted molar refractivity (Wildman–Crippen MR) is 117 cm³/mol. The van der Waals surface area contributed by atoms with Crippen LogP contribution in [0.4, 0.5) is 0 Å². The molecular formula is C23H22N4O2S. The number of nitrogens with one attached hydrogen (secondary N) is 1. The maximum absolute atomic E-state index is 12.8. The number of benzene rings is 2. The molecule has 0 aliphatic heterocycles. The van der Waals surface area contributed by atoms with E-state index in [-0.39, 0.29) is 17.7 Å². The lowest BCUT2D eigenvalue weighted by molar-refractivity contribution is -0.129. The highest BCUT2D eigenvalue weighted by Crippen LogP contribution is 2.34. The van der Waals surface area contributed by atoms with Gasteiger partial charge in [0.2, 0.25) is 5.91 Å². The van der Waals surface area contributed by atoms with Gasteiger partial charge >= 0.3 is 0 Å². The number of aromatic amines is 1. The van der Waals surface area contributed by atoms with Gasteiger partial charge in [-0.25, -0.2) is 0 Å². The smallest absolute Gasteiger partial charge is 0.277 e. The summed E-state index contributed by atoms with van der Waals surface area (Å²) in [5.74, 6) is 0.788. The number of rotatable bonds is 5. The molecule has 1 amide bonds. The summed E-state index contributed by atoms with van der Waals surface area (Å²) in [5.41, 5.74) is 4.50. The highest BCUT2D eigenvalue weighted by molar-refractivity contribution is 7.99. The number of hydrogen-bond donors (Lipinski definition) is 1. The van der Waals surface area contributed by atoms with Crippen LogP contribution in [0.2, 0.25) is 0 Å². The summed E-state index contributed by atoms with van der Waals surface area (Å²) in [7, 11) is 1.89. The van der Waals surface area contributed by atoms with E-state index in [1.165, 1.54) is 22.9 Å². The quantitative estimate of drug-likeness (QED) is 0.469. The number of para-hydroxylation sites is 1. The third-order valence-corrected chi connectivity index (χ3v) is 6.55. The van der Waals surface area contributed by atoms with Gasteiger partial charge in [0.15, 0.2) is 0 Å². The molecule has 5 rings (SSSR count). The summed E-state index contributed by atoms with van der Waals surface area (Å²) >= 11 is 1.28. The lowest BCUT2D eigenvalue weighted by atomic mass is 9.87. The van der Waals surface area contributed by atoms with E-state index in [9.17, 15) is 4.79 Å². The summed E-state index contributed by atoms with van der Waals surface area (Å²) in [6, 6.07) is 16.5. The first-order valence-electron chi connectivity index (χ1n) is 10.1. The van der Waals surface area contributed by atoms with Crippen LogP contribution in [0.3, 0.4) is 0 Å². The van der Waals surface area contributed by atoms with Crippen molar-refractivity contribution < 1.29 is 9.21 Å². The summed E-state index contributed by atoms with van der Waals surface area (Å²) < 4.78 is 5.82. The van der Waals surface area contributed by atoms with Gasteiger partial charge in [-0.3, -0.25) is 4.79 Å². The molecule has 1 atom stereocenters. The molecule has 0 spiro atoms. The number of thioether (sulfide) groups is 1. The second-order valence-electron chi connectivity index (χ2n) is 7.52. The maximum Gasteiger partial charge on any atom is 0.277 e. The van der Waals surface area contributed by atoms with Crippen LogP contribution in [0.25, 0.3) is 22.4 Å². The van der Waals surface area contributed by atoms with Crippen LogP contribution in [0, 0.1) is 0 Å². The van der Waals surface area contributed by atoms with Crippen LogP contribution >= 0.6 is 11.8 Å². The average Bonchev–Trinajstić information content (AvgIpc) is 3.43. The number of carbonyl (C=O) groups is 1. The highest BCUT2D eigenvalue weighted by Gasteiger charge is 2.26. The lowest BCUT2D eigenvalue weighted by Gasteiger charge is -2.33. The first kappa shape index (κ1) is 18.9. The number of H-pyrrole nitrogens is 1. The van der Waals surface area contributed by atoms with Crippen molar-refractivity contribution in [3.8, 4) is 11.5 Å². The molecule has 0 saturated heterocycles. The van der Waals surface area contributed by atoms with E-state index in [0.717, 1.165) is 35.7 Å². The summed E-state index contributed by atoms with van der Waals surface area (Å²) in [6.07, 6.45) is 5.05. The van der Waals surface area contributed by atoms with E-state index in [2.05, 4.69) is 39.4 Å². The normalized spacial score (nSPS) is 15.8. The number of aryl methyl sites for hydroxylation is 1. The number of carbonyl (C=O) groups excluding carboxylic acids is 1. The van der Waals surface area contributed by atoms with Gasteiger partial charge in [0.05, 0.1) is 17.4 Å². The minimum Gasteiger partial charge on any atom is -0.411 e. The third kappa shape index (κ3) is 3.50. The van der Waals surface area contributed by atoms with Crippen molar-refractivity contribution in [3.63, 3.8) is 0 Å². The molecule has 0 fully saturated rings. The summed E-state index contributed by atoms with van der Waals surface area (Å²) in [5, 5.41) is 9.72. The molecule has 1 aliphatic rings. The monoisotopic (exact) mass is 418 g/mol. The minimum absolute atomic E-state index is 0.0635. The highest BCUT2D eigenvalue weighted by atomic mass is 32.2. The van der Waals surface area contributed by atoms with Crippen molar-refractivity contribution >= 4 is 28.6 Å². The molecule has 1 aliphatic carbocycles. The molecule has 152 valence electrons. The largest absolute Gasteiger partial charge is 0.411 e. The molecule has 0 unspecified atom stereocenters. The van der Waals surface area contributed by atoms with Crippen LogP contribution in [0.15, 0.2) is 64.4 Å². The lowest BCUT2D eigenvalue weighted by Crippen LogP contribution is -2.34. The molecule has 7 heteroatoms. The average molecular weight is 419 g/mol. The van der Waals surface area contributed by atoms with E-state index >= 15 is 0 Å². The number of hydrogen-bond acceptors (Lipinski definition) is 5. The van der Waals surface area contributed by atoms with Gasteiger partial charge in [-0.1, -0.05) is 54.2 Å². The molecule has 2 heterocycles. The van der Waals surface area contributed by atoms with Gasteiger partial charge in [0.1, 0.15) is 0 Å². The zero-order valence-electron chi connectivity index (χ0n) is 16.7. The first-order chi connectivity index (χ1) is 14.7. The van der Waals surface area contributed by atoms with E-state index in [1.807, 2.05) is 42.4 Å². The molecule has 0 bridgehead atoms. The fraction of sp³-hybridized carbons (Fsp3) is 0.261. The van der Waals surface area contributed by atoms with E-state index in [4.69, 9.17) is 4.42 Å². The molecule has 0 radical (unpaired) electrons. The topological polar surface area (TPSA) is 75.0 Å². The van der Waals surface area contributed by atoms with E-state index < -0.39 is 0 Å². The van der Waals surface area contributed by atoms with Gasteiger partial charge < -0.3 is 14.3 Å². The maximum atomic E-state index is 12.8. The first-order valence-corrected chi connectivity index (χ1v) is 11.1. The van der Waals surface area contributed by atoms with Crippen molar-refractivity contribution in [2.75, 3.05) is 12.8 Å². The summed E-state index contributed by atoms with van der Waals surface area (Å²) in [6.45, 7) is 0. The zero-order chi connectivity index (χ0) is 20.5. The fourth-order valence-corrected chi connectivity index (χ4v) is 4.84. The Labute approximate surface area is 178 Å². The van der Waals surface area contributed by atoms with E-state index in [0.29, 0.717) is 11.1 Å². The molecule has 0 saturated carbocycles. The second-order valence-corrected chi connectivity index (χ2v) is 8.45. The minimum atomic E-state index is 0.0635. The third-order valence-electron chi connectivity index (χ3n) is 5.74. The van der Waals surface area contributed by atoms with Gasteiger partial charge in [-0.05, 0) is 36.5 Å². The molecule has 6 nitrogen and oxygen atoms in total. The van der Waals surface area contributed by atoms with Crippen molar-refractivity contribution in [1.82, 2.24) is 20.1 Å². The standard InChI is InChI=1S/C23H22N4O2S/c1-27(20-12-6-8-15-7-2-3-9-16(15)20)21(28)14-30-23-26-25-22(29-23)18-13-24-19-11-5-4-10-17(18)19/h2-5,7,9-11,13,20,24H,6,8,12,14H2,1H3/t20-/m0/s1. The van der Waals surface area contributed by atoms with Crippen LogP contribution in [-0.2, 0) is 11.2 Å². The Balaban J connectivity index is 1.26. The SMILES string of the molecule is CN(C(=O)CSc1nnc(-c2c[nH]c3ccccc23)o1)[C@H]1CCCc2ccccc21. The Morgan fingerprint density at radius 2 is 2.03 bits per heavy atom. The van der Waals surface area contributed by atoms with Gasteiger partial charge in [-0.2, -0.15) is 0 Å². The predicted octanol–water partition coefficient (Wildman–Crippen LogP) is 4.85. The van der Waals surface area contributed by atoms with Crippen LogP contribution < -0.4 is 0 Å².